The number of benzene rings is 1. The van der Waals surface area contributed by atoms with Crippen molar-refractivity contribution in [3.63, 3.8) is 0 Å². The Morgan fingerprint density at radius 3 is 2.78 bits per heavy atom. The minimum absolute atomic E-state index is 0.0568. The third-order valence-electron chi connectivity index (χ3n) is 3.14. The molecule has 1 fully saturated rings. The predicted octanol–water partition coefficient (Wildman–Crippen LogP) is 2.77. The summed E-state index contributed by atoms with van der Waals surface area (Å²) in [5, 5.41) is 2.74. The van der Waals surface area contributed by atoms with Crippen LogP contribution >= 0.6 is 0 Å². The molecule has 1 amide bonds. The van der Waals surface area contributed by atoms with E-state index in [1.165, 1.54) is 6.07 Å². The third kappa shape index (κ3) is 3.03. The topological polar surface area (TPSA) is 29.1 Å². The van der Waals surface area contributed by atoms with Gasteiger partial charge in [0.15, 0.2) is 0 Å². The van der Waals surface area contributed by atoms with Crippen molar-refractivity contribution in [2.24, 2.45) is 5.92 Å². The SMILES string of the molecule is O=C1NCCCC1Cc1cccc(C(F)(F)F)c1. The highest BCUT2D eigenvalue weighted by atomic mass is 19.4. The Labute approximate surface area is 103 Å². The third-order valence-corrected chi connectivity index (χ3v) is 3.14. The zero-order valence-corrected chi connectivity index (χ0v) is 9.76. The number of nitrogens with one attached hydrogen (secondary N) is 1. The van der Waals surface area contributed by atoms with Crippen LogP contribution in [-0.2, 0) is 17.4 Å². The average Bonchev–Trinajstić information content (AvgIpc) is 2.31. The fourth-order valence-electron chi connectivity index (χ4n) is 2.19. The van der Waals surface area contributed by atoms with E-state index in [2.05, 4.69) is 5.32 Å². The Hall–Kier alpha value is -1.52. The molecule has 0 spiro atoms. The summed E-state index contributed by atoms with van der Waals surface area (Å²) >= 11 is 0. The zero-order valence-electron chi connectivity index (χ0n) is 9.76. The monoisotopic (exact) mass is 257 g/mol. The van der Waals surface area contributed by atoms with Crippen LogP contribution in [-0.4, -0.2) is 12.5 Å². The molecule has 1 aliphatic rings. The number of piperidine rings is 1. The molecule has 0 saturated carbocycles. The van der Waals surface area contributed by atoms with E-state index in [0.29, 0.717) is 18.5 Å². The van der Waals surface area contributed by atoms with Gasteiger partial charge in [0.05, 0.1) is 5.56 Å². The Morgan fingerprint density at radius 2 is 2.11 bits per heavy atom. The van der Waals surface area contributed by atoms with E-state index >= 15 is 0 Å². The first-order valence-electron chi connectivity index (χ1n) is 5.90. The summed E-state index contributed by atoms with van der Waals surface area (Å²) in [6.07, 6.45) is -2.34. The van der Waals surface area contributed by atoms with Crippen LogP contribution in [0, 0.1) is 5.92 Å². The van der Waals surface area contributed by atoms with E-state index in [1.807, 2.05) is 0 Å². The van der Waals surface area contributed by atoms with Gasteiger partial charge in [-0.2, -0.15) is 13.2 Å². The summed E-state index contributed by atoms with van der Waals surface area (Å²) in [6, 6.07) is 5.20. The lowest BCUT2D eigenvalue weighted by Gasteiger charge is -2.22. The maximum atomic E-state index is 12.5. The Morgan fingerprint density at radius 1 is 1.33 bits per heavy atom. The summed E-state index contributed by atoms with van der Waals surface area (Å²) in [5.41, 5.74) is -0.0944. The molecule has 0 aliphatic carbocycles. The smallest absolute Gasteiger partial charge is 0.356 e. The van der Waals surface area contributed by atoms with Gasteiger partial charge < -0.3 is 5.32 Å². The molecular formula is C13H14F3NO. The van der Waals surface area contributed by atoms with E-state index in [-0.39, 0.29) is 11.8 Å². The van der Waals surface area contributed by atoms with Gasteiger partial charge in [-0.25, -0.2) is 0 Å². The van der Waals surface area contributed by atoms with Crippen LogP contribution in [0.2, 0.25) is 0 Å². The van der Waals surface area contributed by atoms with Gasteiger partial charge in [-0.1, -0.05) is 18.2 Å². The summed E-state index contributed by atoms with van der Waals surface area (Å²) in [6.45, 7) is 0.665. The quantitative estimate of drug-likeness (QED) is 0.867. The van der Waals surface area contributed by atoms with Crippen LogP contribution in [0.5, 0.6) is 0 Å². The van der Waals surface area contributed by atoms with Gasteiger partial charge >= 0.3 is 6.18 Å². The van der Waals surface area contributed by atoms with E-state index in [1.54, 1.807) is 6.07 Å². The molecule has 1 aliphatic heterocycles. The van der Waals surface area contributed by atoms with Crippen molar-refractivity contribution >= 4 is 5.91 Å². The van der Waals surface area contributed by atoms with Crippen molar-refractivity contribution in [3.8, 4) is 0 Å². The van der Waals surface area contributed by atoms with Crippen molar-refractivity contribution in [3.05, 3.63) is 35.4 Å². The molecule has 1 heterocycles. The van der Waals surface area contributed by atoms with E-state index < -0.39 is 11.7 Å². The average molecular weight is 257 g/mol. The minimum atomic E-state index is -4.33. The van der Waals surface area contributed by atoms with Gasteiger partial charge in [0, 0.05) is 12.5 Å². The standard InChI is InChI=1S/C13H14F3NO/c14-13(15,16)11-5-1-3-9(8-11)7-10-4-2-6-17-12(10)18/h1,3,5,8,10H,2,4,6-7H2,(H,17,18). The van der Waals surface area contributed by atoms with Crippen LogP contribution in [0.15, 0.2) is 24.3 Å². The first kappa shape index (κ1) is 12.9. The zero-order chi connectivity index (χ0) is 13.2. The molecule has 0 aromatic heterocycles. The van der Waals surface area contributed by atoms with Gasteiger partial charge in [-0.15, -0.1) is 0 Å². The fourth-order valence-corrected chi connectivity index (χ4v) is 2.19. The molecule has 18 heavy (non-hydrogen) atoms. The molecule has 1 unspecified atom stereocenters. The molecule has 2 nitrogen and oxygen atoms in total. The summed E-state index contributed by atoms with van der Waals surface area (Å²) in [5.74, 6) is -0.263. The number of carbonyl (C=O) groups excluding carboxylic acids is 1. The number of carbonyl (C=O) groups is 1. The summed E-state index contributed by atoms with van der Waals surface area (Å²) in [7, 11) is 0. The fraction of sp³-hybridized carbons (Fsp3) is 0.462. The minimum Gasteiger partial charge on any atom is -0.356 e. The van der Waals surface area contributed by atoms with Gasteiger partial charge in [0.25, 0.3) is 0 Å². The molecule has 2 rings (SSSR count). The van der Waals surface area contributed by atoms with Crippen LogP contribution in [0.3, 0.4) is 0 Å². The lowest BCUT2D eigenvalue weighted by atomic mass is 9.91. The summed E-state index contributed by atoms with van der Waals surface area (Å²) in [4.78, 5) is 11.5. The van der Waals surface area contributed by atoms with Crippen LogP contribution in [0.1, 0.15) is 24.0 Å². The molecular weight excluding hydrogens is 243 g/mol. The highest BCUT2D eigenvalue weighted by molar-refractivity contribution is 5.79. The normalized spacial score (nSPS) is 20.6. The van der Waals surface area contributed by atoms with Crippen molar-refractivity contribution < 1.29 is 18.0 Å². The molecule has 1 N–H and O–H groups in total. The van der Waals surface area contributed by atoms with E-state index in [0.717, 1.165) is 25.0 Å². The van der Waals surface area contributed by atoms with Crippen LogP contribution in [0.4, 0.5) is 13.2 Å². The maximum Gasteiger partial charge on any atom is 0.416 e. The molecule has 1 saturated heterocycles. The van der Waals surface area contributed by atoms with Gasteiger partial charge in [-0.3, -0.25) is 4.79 Å². The second-order valence-corrected chi connectivity index (χ2v) is 4.53. The Bertz CT molecular complexity index is 442. The molecule has 5 heteroatoms. The highest BCUT2D eigenvalue weighted by Gasteiger charge is 2.31. The number of hydrogen-bond donors (Lipinski definition) is 1. The molecule has 0 radical (unpaired) electrons. The van der Waals surface area contributed by atoms with Gasteiger partial charge in [0.1, 0.15) is 0 Å². The first-order valence-corrected chi connectivity index (χ1v) is 5.90. The molecule has 1 atom stereocenters. The Balaban J connectivity index is 2.12. The largest absolute Gasteiger partial charge is 0.416 e. The second-order valence-electron chi connectivity index (χ2n) is 4.53. The van der Waals surface area contributed by atoms with Crippen molar-refractivity contribution in [2.75, 3.05) is 6.54 Å². The predicted molar refractivity (Wildman–Crippen MR) is 60.9 cm³/mol. The first-order chi connectivity index (χ1) is 8.47. The molecule has 1 aromatic rings. The molecule has 1 aromatic carbocycles. The molecule has 0 bridgehead atoms. The van der Waals surface area contributed by atoms with E-state index in [9.17, 15) is 18.0 Å². The van der Waals surface area contributed by atoms with E-state index in [4.69, 9.17) is 0 Å². The van der Waals surface area contributed by atoms with Crippen molar-refractivity contribution in [1.82, 2.24) is 5.32 Å². The lowest BCUT2D eigenvalue weighted by Crippen LogP contribution is -2.37. The van der Waals surface area contributed by atoms with Crippen LogP contribution in [0.25, 0.3) is 0 Å². The van der Waals surface area contributed by atoms with Gasteiger partial charge in [-0.05, 0) is 30.9 Å². The van der Waals surface area contributed by atoms with Crippen molar-refractivity contribution in [2.45, 2.75) is 25.4 Å². The van der Waals surface area contributed by atoms with Crippen LogP contribution < -0.4 is 5.32 Å². The number of amides is 1. The number of alkyl halides is 3. The highest BCUT2D eigenvalue weighted by Crippen LogP contribution is 2.30. The maximum absolute atomic E-state index is 12.5. The number of halogens is 3. The Kier molecular flexibility index (Phi) is 3.59. The van der Waals surface area contributed by atoms with Crippen molar-refractivity contribution in [1.29, 1.82) is 0 Å². The second kappa shape index (κ2) is 5.00. The number of hydrogen-bond acceptors (Lipinski definition) is 1. The summed E-state index contributed by atoms with van der Waals surface area (Å²) < 4.78 is 37.6. The lowest BCUT2D eigenvalue weighted by molar-refractivity contribution is -0.137. The number of rotatable bonds is 2. The molecule has 98 valence electrons. The van der Waals surface area contributed by atoms with Gasteiger partial charge in [0.2, 0.25) is 5.91 Å².